The molecule has 0 radical (unpaired) electrons. The van der Waals surface area contributed by atoms with Crippen LogP contribution in [0.25, 0.3) is 21.9 Å². The van der Waals surface area contributed by atoms with E-state index in [9.17, 15) is 14.7 Å². The molecule has 2 amide bonds. The molecular formula is C29H25N3O3. The third-order valence-corrected chi connectivity index (χ3v) is 7.19. The number of nitrogens with zero attached hydrogens (tertiary/aromatic N) is 2. The van der Waals surface area contributed by atoms with Gasteiger partial charge in [-0.1, -0.05) is 36.4 Å². The summed E-state index contributed by atoms with van der Waals surface area (Å²) in [6, 6.07) is 20.8. The summed E-state index contributed by atoms with van der Waals surface area (Å²) < 4.78 is 0. The van der Waals surface area contributed by atoms with Gasteiger partial charge in [0.05, 0.1) is 11.1 Å². The Labute approximate surface area is 203 Å². The van der Waals surface area contributed by atoms with Crippen LogP contribution < -0.4 is 5.32 Å². The smallest absolute Gasteiger partial charge is 0.261 e. The third-order valence-electron chi connectivity index (χ3n) is 7.19. The highest BCUT2D eigenvalue weighted by Gasteiger charge is 2.42. The van der Waals surface area contributed by atoms with Gasteiger partial charge in [-0.05, 0) is 66.1 Å². The predicted octanol–water partition coefficient (Wildman–Crippen LogP) is 4.91. The lowest BCUT2D eigenvalue weighted by Gasteiger charge is -2.22. The highest BCUT2D eigenvalue weighted by atomic mass is 16.3. The van der Waals surface area contributed by atoms with Crippen LogP contribution in [-0.4, -0.2) is 38.9 Å². The monoisotopic (exact) mass is 463 g/mol. The third kappa shape index (κ3) is 3.86. The fraction of sp³-hybridized carbons (Fsp3) is 0.207. The minimum absolute atomic E-state index is 0.0660. The summed E-state index contributed by atoms with van der Waals surface area (Å²) in [5.41, 5.74) is 4.22. The van der Waals surface area contributed by atoms with Crippen LogP contribution in [0.15, 0.2) is 79.1 Å². The van der Waals surface area contributed by atoms with Crippen molar-refractivity contribution in [3.8, 4) is 16.9 Å². The summed E-state index contributed by atoms with van der Waals surface area (Å²) in [7, 11) is 0. The topological polar surface area (TPSA) is 82.5 Å². The van der Waals surface area contributed by atoms with E-state index in [1.165, 1.54) is 4.90 Å². The Morgan fingerprint density at radius 3 is 2.37 bits per heavy atom. The zero-order valence-corrected chi connectivity index (χ0v) is 19.1. The number of phenols is 1. The van der Waals surface area contributed by atoms with E-state index >= 15 is 0 Å². The zero-order chi connectivity index (χ0) is 23.9. The van der Waals surface area contributed by atoms with Crippen LogP contribution in [0, 0.1) is 0 Å². The normalized spacial score (nSPS) is 19.5. The summed E-state index contributed by atoms with van der Waals surface area (Å²) in [6.07, 6.45) is 6.23. The Kier molecular flexibility index (Phi) is 5.30. The molecule has 4 aromatic rings. The number of rotatable bonds is 5. The number of amides is 2. The molecule has 0 spiro atoms. The molecule has 1 aromatic heterocycles. The fourth-order valence-electron chi connectivity index (χ4n) is 5.37. The molecule has 0 saturated heterocycles. The van der Waals surface area contributed by atoms with Crippen LogP contribution >= 0.6 is 0 Å². The number of carbonyl (C=O) groups is 2. The maximum atomic E-state index is 12.8. The van der Waals surface area contributed by atoms with E-state index in [2.05, 4.69) is 28.5 Å². The largest absolute Gasteiger partial charge is 0.508 e. The lowest BCUT2D eigenvalue weighted by Crippen LogP contribution is -2.39. The van der Waals surface area contributed by atoms with E-state index < -0.39 is 0 Å². The van der Waals surface area contributed by atoms with Crippen LogP contribution in [-0.2, 0) is 6.54 Å². The first-order valence-corrected chi connectivity index (χ1v) is 11.9. The summed E-state index contributed by atoms with van der Waals surface area (Å²) in [5.74, 6) is -0.0924. The number of benzene rings is 3. The molecule has 1 fully saturated rings. The van der Waals surface area contributed by atoms with Gasteiger partial charge in [0, 0.05) is 42.0 Å². The molecule has 3 aromatic carbocycles. The Balaban J connectivity index is 1.16. The van der Waals surface area contributed by atoms with Gasteiger partial charge >= 0.3 is 0 Å². The van der Waals surface area contributed by atoms with Crippen molar-refractivity contribution in [2.45, 2.75) is 37.9 Å². The molecule has 2 aliphatic rings. The van der Waals surface area contributed by atoms with Gasteiger partial charge in [-0.3, -0.25) is 19.5 Å². The van der Waals surface area contributed by atoms with Gasteiger partial charge < -0.3 is 10.4 Å². The van der Waals surface area contributed by atoms with Crippen LogP contribution in [0.4, 0.5) is 0 Å². The van der Waals surface area contributed by atoms with Gasteiger partial charge in [-0.25, -0.2) is 0 Å². The molecule has 2 N–H and O–H groups in total. The van der Waals surface area contributed by atoms with E-state index in [1.54, 1.807) is 36.4 Å². The van der Waals surface area contributed by atoms with Crippen LogP contribution in [0.3, 0.4) is 0 Å². The Hall–Kier alpha value is -4.03. The fourth-order valence-corrected chi connectivity index (χ4v) is 5.37. The minimum Gasteiger partial charge on any atom is -0.508 e. The molecule has 6 rings (SSSR count). The average Bonchev–Trinajstić information content (AvgIpc) is 3.45. The minimum atomic E-state index is -0.166. The summed E-state index contributed by atoms with van der Waals surface area (Å²) >= 11 is 0. The molecule has 1 aliphatic carbocycles. The number of aromatic nitrogens is 1. The lowest BCUT2D eigenvalue weighted by molar-refractivity contribution is 0.0586. The second kappa shape index (κ2) is 8.64. The zero-order valence-electron chi connectivity index (χ0n) is 19.1. The molecular weight excluding hydrogens is 438 g/mol. The van der Waals surface area contributed by atoms with Crippen molar-refractivity contribution in [1.29, 1.82) is 0 Å². The molecule has 1 saturated carbocycles. The van der Waals surface area contributed by atoms with Gasteiger partial charge in [0.2, 0.25) is 0 Å². The first-order valence-electron chi connectivity index (χ1n) is 11.9. The van der Waals surface area contributed by atoms with Gasteiger partial charge in [-0.15, -0.1) is 0 Å². The number of hydrogen-bond acceptors (Lipinski definition) is 5. The Morgan fingerprint density at radius 2 is 1.63 bits per heavy atom. The molecule has 2 atom stereocenters. The van der Waals surface area contributed by atoms with Crippen LogP contribution in [0.1, 0.15) is 45.5 Å². The van der Waals surface area contributed by atoms with Gasteiger partial charge in [0.25, 0.3) is 11.8 Å². The number of nitrogens with one attached hydrogen (secondary N) is 1. The van der Waals surface area contributed by atoms with Crippen molar-refractivity contribution in [3.63, 3.8) is 0 Å². The first-order chi connectivity index (χ1) is 17.1. The van der Waals surface area contributed by atoms with E-state index in [4.69, 9.17) is 0 Å². The Morgan fingerprint density at radius 1 is 0.886 bits per heavy atom. The summed E-state index contributed by atoms with van der Waals surface area (Å²) in [6.45, 7) is 0.701. The van der Waals surface area contributed by atoms with E-state index in [0.29, 0.717) is 17.7 Å². The van der Waals surface area contributed by atoms with Gasteiger partial charge in [-0.2, -0.15) is 0 Å². The number of hydrogen-bond donors (Lipinski definition) is 2. The second-order valence-electron chi connectivity index (χ2n) is 9.36. The molecule has 35 heavy (non-hydrogen) atoms. The molecule has 2 unspecified atom stereocenters. The number of fused-ring (bicyclic) bond motifs is 2. The van der Waals surface area contributed by atoms with Crippen LogP contribution in [0.5, 0.6) is 5.75 Å². The highest BCUT2D eigenvalue weighted by molar-refractivity contribution is 6.21. The van der Waals surface area contributed by atoms with Crippen molar-refractivity contribution in [2.75, 3.05) is 0 Å². The quantitative estimate of drug-likeness (QED) is 0.411. The number of phenolic OH excluding ortho intramolecular Hbond substituents is 1. The molecule has 6 nitrogen and oxygen atoms in total. The molecule has 2 heterocycles. The van der Waals surface area contributed by atoms with Gasteiger partial charge in [0.1, 0.15) is 5.75 Å². The summed E-state index contributed by atoms with van der Waals surface area (Å²) in [4.78, 5) is 31.5. The predicted molar refractivity (Wildman–Crippen MR) is 134 cm³/mol. The van der Waals surface area contributed by atoms with Crippen molar-refractivity contribution >= 4 is 22.6 Å². The van der Waals surface area contributed by atoms with E-state index in [1.807, 2.05) is 24.5 Å². The molecule has 174 valence electrons. The second-order valence-corrected chi connectivity index (χ2v) is 9.36. The highest BCUT2D eigenvalue weighted by Crippen LogP contribution is 2.33. The maximum Gasteiger partial charge on any atom is 0.261 e. The van der Waals surface area contributed by atoms with E-state index in [-0.39, 0.29) is 29.6 Å². The van der Waals surface area contributed by atoms with Crippen molar-refractivity contribution in [1.82, 2.24) is 15.2 Å². The van der Waals surface area contributed by atoms with Gasteiger partial charge in [0.15, 0.2) is 0 Å². The van der Waals surface area contributed by atoms with Crippen molar-refractivity contribution in [3.05, 3.63) is 95.8 Å². The standard InChI is InChI=1S/C29H25N3O3/c33-23-11-7-19(8-12-23)27-17-30-16-20-6-5-18(13-26(20)27)15-31-21-9-10-22(14-21)32-28(34)24-3-1-2-4-25(24)29(32)35/h1-8,11-13,16-17,21-22,31,33H,9-10,14-15H2. The van der Waals surface area contributed by atoms with E-state index in [0.717, 1.165) is 46.7 Å². The SMILES string of the molecule is O=C1c2ccccc2C(=O)N1C1CCC(NCc2ccc3cncc(-c4ccc(O)cc4)c3c2)C1. The summed E-state index contributed by atoms with van der Waals surface area (Å²) in [5, 5.41) is 15.4. The molecule has 6 heteroatoms. The number of pyridine rings is 1. The van der Waals surface area contributed by atoms with Crippen LogP contribution in [0.2, 0.25) is 0 Å². The average molecular weight is 464 g/mol. The number of imide groups is 1. The number of carbonyl (C=O) groups excluding carboxylic acids is 2. The molecule has 0 bridgehead atoms. The number of aromatic hydroxyl groups is 1. The Bertz CT molecular complexity index is 1410. The lowest BCUT2D eigenvalue weighted by atomic mass is 9.99. The first kappa shape index (κ1) is 21.5. The molecule has 1 aliphatic heterocycles. The van der Waals surface area contributed by atoms with Crippen molar-refractivity contribution < 1.29 is 14.7 Å². The van der Waals surface area contributed by atoms with Crippen molar-refractivity contribution in [2.24, 2.45) is 0 Å². The maximum absolute atomic E-state index is 12.8.